The molecule has 0 aliphatic carbocycles. The second-order valence-electron chi connectivity index (χ2n) is 4.98. The van der Waals surface area contributed by atoms with Crippen LogP contribution in [-0.4, -0.2) is 28.3 Å². The number of ether oxygens (including phenoxy) is 2. The molecular weight excluding hydrogens is 298 g/mol. The standard InChI is InChI=1S/C17H19NO5/c1-22-17-14(11-23-10-12-5-3-2-4-6-12)13(7-8-18-17)15(19)9-16(20)21/h2-8,15,19H,9-11H2,1H3,(H,20,21)/t15-/m1/s1. The second kappa shape index (κ2) is 8.26. The lowest BCUT2D eigenvalue weighted by Crippen LogP contribution is -2.10. The van der Waals surface area contributed by atoms with Crippen LogP contribution in [0.1, 0.15) is 29.2 Å². The number of rotatable bonds is 8. The summed E-state index contributed by atoms with van der Waals surface area (Å²) in [5.74, 6) is -0.760. The van der Waals surface area contributed by atoms with Crippen LogP contribution >= 0.6 is 0 Å². The van der Waals surface area contributed by atoms with E-state index in [1.54, 1.807) is 6.07 Å². The topological polar surface area (TPSA) is 88.9 Å². The molecule has 0 saturated heterocycles. The number of nitrogens with zero attached hydrogens (tertiary/aromatic N) is 1. The van der Waals surface area contributed by atoms with Gasteiger partial charge in [-0.2, -0.15) is 0 Å². The largest absolute Gasteiger partial charge is 0.481 e. The van der Waals surface area contributed by atoms with Crippen molar-refractivity contribution < 1.29 is 24.5 Å². The lowest BCUT2D eigenvalue weighted by Gasteiger charge is -2.16. The molecule has 2 N–H and O–H groups in total. The molecule has 1 atom stereocenters. The zero-order chi connectivity index (χ0) is 16.7. The molecule has 6 heteroatoms. The van der Waals surface area contributed by atoms with Crippen LogP contribution in [0.4, 0.5) is 0 Å². The number of carboxylic acids is 1. The first kappa shape index (κ1) is 16.9. The van der Waals surface area contributed by atoms with Gasteiger partial charge in [0.2, 0.25) is 5.88 Å². The van der Waals surface area contributed by atoms with E-state index in [0.29, 0.717) is 23.6 Å². The summed E-state index contributed by atoms with van der Waals surface area (Å²) in [7, 11) is 1.47. The van der Waals surface area contributed by atoms with Crippen LogP contribution in [0.5, 0.6) is 5.88 Å². The Morgan fingerprint density at radius 2 is 1.96 bits per heavy atom. The van der Waals surface area contributed by atoms with Crippen molar-refractivity contribution in [3.8, 4) is 5.88 Å². The van der Waals surface area contributed by atoms with Gasteiger partial charge in [0, 0.05) is 11.8 Å². The lowest BCUT2D eigenvalue weighted by molar-refractivity contribution is -0.139. The Bertz CT molecular complexity index is 645. The van der Waals surface area contributed by atoms with Crippen molar-refractivity contribution in [1.82, 2.24) is 4.98 Å². The maximum Gasteiger partial charge on any atom is 0.306 e. The van der Waals surface area contributed by atoms with Crippen molar-refractivity contribution in [2.45, 2.75) is 25.7 Å². The Hall–Kier alpha value is -2.44. The number of aliphatic hydroxyl groups is 1. The molecule has 0 saturated carbocycles. The molecule has 0 bridgehead atoms. The molecule has 23 heavy (non-hydrogen) atoms. The van der Waals surface area contributed by atoms with Crippen molar-refractivity contribution in [1.29, 1.82) is 0 Å². The van der Waals surface area contributed by atoms with Crippen molar-refractivity contribution in [3.63, 3.8) is 0 Å². The Morgan fingerprint density at radius 3 is 2.61 bits per heavy atom. The highest BCUT2D eigenvalue weighted by Gasteiger charge is 2.19. The summed E-state index contributed by atoms with van der Waals surface area (Å²) in [5, 5.41) is 18.9. The smallest absolute Gasteiger partial charge is 0.306 e. The average molecular weight is 317 g/mol. The molecule has 0 unspecified atom stereocenters. The Kier molecular flexibility index (Phi) is 6.08. The van der Waals surface area contributed by atoms with Crippen LogP contribution in [0.25, 0.3) is 0 Å². The molecule has 0 fully saturated rings. The molecule has 2 aromatic rings. The van der Waals surface area contributed by atoms with Gasteiger partial charge >= 0.3 is 5.97 Å². The lowest BCUT2D eigenvalue weighted by atomic mass is 10.0. The van der Waals surface area contributed by atoms with Crippen molar-refractivity contribution in [3.05, 3.63) is 59.3 Å². The van der Waals surface area contributed by atoms with E-state index in [9.17, 15) is 9.90 Å². The number of carboxylic acid groups (broad SMARTS) is 1. The average Bonchev–Trinajstić information content (AvgIpc) is 2.55. The quantitative estimate of drug-likeness (QED) is 0.776. The maximum atomic E-state index is 10.8. The van der Waals surface area contributed by atoms with E-state index in [0.717, 1.165) is 5.56 Å². The third-order valence-electron chi connectivity index (χ3n) is 3.33. The SMILES string of the molecule is COc1nccc([C@H](O)CC(=O)O)c1COCc1ccccc1. The summed E-state index contributed by atoms with van der Waals surface area (Å²) in [6.45, 7) is 0.561. The third-order valence-corrected chi connectivity index (χ3v) is 3.33. The monoisotopic (exact) mass is 317 g/mol. The van der Waals surface area contributed by atoms with Gasteiger partial charge in [0.1, 0.15) is 0 Å². The predicted molar refractivity (Wildman–Crippen MR) is 82.9 cm³/mol. The fourth-order valence-corrected chi connectivity index (χ4v) is 2.24. The number of aliphatic carboxylic acids is 1. The highest BCUT2D eigenvalue weighted by Crippen LogP contribution is 2.27. The van der Waals surface area contributed by atoms with Crippen LogP contribution in [0.3, 0.4) is 0 Å². The van der Waals surface area contributed by atoms with E-state index in [1.807, 2.05) is 30.3 Å². The number of hydrogen-bond donors (Lipinski definition) is 2. The third kappa shape index (κ3) is 4.77. The molecule has 1 aromatic heterocycles. The molecule has 6 nitrogen and oxygen atoms in total. The molecule has 2 rings (SSSR count). The minimum absolute atomic E-state index is 0.165. The van der Waals surface area contributed by atoms with Gasteiger partial charge in [0.25, 0.3) is 0 Å². The highest BCUT2D eigenvalue weighted by atomic mass is 16.5. The van der Waals surface area contributed by atoms with Crippen LogP contribution in [0.2, 0.25) is 0 Å². The molecule has 1 aromatic carbocycles. The highest BCUT2D eigenvalue weighted by molar-refractivity contribution is 5.67. The van der Waals surface area contributed by atoms with E-state index in [1.165, 1.54) is 13.3 Å². The molecule has 0 radical (unpaired) electrons. The van der Waals surface area contributed by atoms with Crippen LogP contribution < -0.4 is 4.74 Å². The Balaban J connectivity index is 2.13. The van der Waals surface area contributed by atoms with Crippen molar-refractivity contribution in [2.24, 2.45) is 0 Å². The van der Waals surface area contributed by atoms with Crippen LogP contribution in [-0.2, 0) is 22.7 Å². The first-order valence-electron chi connectivity index (χ1n) is 7.15. The zero-order valence-corrected chi connectivity index (χ0v) is 12.8. The minimum Gasteiger partial charge on any atom is -0.481 e. The fourth-order valence-electron chi connectivity index (χ4n) is 2.24. The summed E-state index contributed by atoms with van der Waals surface area (Å²) in [6, 6.07) is 11.2. The van der Waals surface area contributed by atoms with Crippen molar-refractivity contribution in [2.75, 3.05) is 7.11 Å². The van der Waals surface area contributed by atoms with E-state index in [-0.39, 0.29) is 6.61 Å². The molecule has 0 aliphatic rings. The number of pyridine rings is 1. The summed E-state index contributed by atoms with van der Waals surface area (Å²) in [6.07, 6.45) is -0.0570. The normalized spacial score (nSPS) is 11.9. The number of aliphatic hydroxyl groups excluding tert-OH is 1. The fraction of sp³-hybridized carbons (Fsp3) is 0.294. The van der Waals surface area contributed by atoms with Gasteiger partial charge in [0.15, 0.2) is 0 Å². The van der Waals surface area contributed by atoms with Gasteiger partial charge in [-0.1, -0.05) is 30.3 Å². The number of hydrogen-bond acceptors (Lipinski definition) is 5. The molecule has 0 spiro atoms. The Morgan fingerprint density at radius 1 is 1.22 bits per heavy atom. The molecule has 0 aliphatic heterocycles. The van der Waals surface area contributed by atoms with E-state index < -0.39 is 18.5 Å². The van der Waals surface area contributed by atoms with E-state index >= 15 is 0 Å². The van der Waals surface area contributed by atoms with E-state index in [2.05, 4.69) is 4.98 Å². The molecule has 1 heterocycles. The Labute approximate surface area is 134 Å². The maximum absolute atomic E-state index is 10.8. The first-order valence-corrected chi connectivity index (χ1v) is 7.15. The van der Waals surface area contributed by atoms with Gasteiger partial charge < -0.3 is 19.7 Å². The second-order valence-corrected chi connectivity index (χ2v) is 4.98. The van der Waals surface area contributed by atoms with Gasteiger partial charge in [0.05, 0.1) is 32.8 Å². The molecule has 122 valence electrons. The molecular formula is C17H19NO5. The number of aromatic nitrogens is 1. The number of benzene rings is 1. The van der Waals surface area contributed by atoms with Crippen LogP contribution in [0.15, 0.2) is 42.6 Å². The first-order chi connectivity index (χ1) is 11.1. The van der Waals surface area contributed by atoms with Crippen LogP contribution in [0, 0.1) is 0 Å². The van der Waals surface area contributed by atoms with Crippen molar-refractivity contribution >= 4 is 5.97 Å². The van der Waals surface area contributed by atoms with Gasteiger partial charge in [-0.15, -0.1) is 0 Å². The van der Waals surface area contributed by atoms with E-state index in [4.69, 9.17) is 14.6 Å². The van der Waals surface area contributed by atoms with Gasteiger partial charge in [-0.25, -0.2) is 4.98 Å². The zero-order valence-electron chi connectivity index (χ0n) is 12.8. The summed E-state index contributed by atoms with van der Waals surface area (Å²) in [4.78, 5) is 14.9. The number of methoxy groups -OCH3 is 1. The summed E-state index contributed by atoms with van der Waals surface area (Å²) < 4.78 is 10.9. The van der Waals surface area contributed by atoms with Gasteiger partial charge in [-0.3, -0.25) is 4.79 Å². The predicted octanol–water partition coefficient (Wildman–Crippen LogP) is 2.32. The van der Waals surface area contributed by atoms with Gasteiger partial charge in [-0.05, 0) is 17.2 Å². The summed E-state index contributed by atoms with van der Waals surface area (Å²) in [5.41, 5.74) is 2.02. The summed E-state index contributed by atoms with van der Waals surface area (Å²) >= 11 is 0. The number of carbonyl (C=O) groups is 1. The molecule has 0 amide bonds. The minimum atomic E-state index is -1.14.